The predicted octanol–water partition coefficient (Wildman–Crippen LogP) is 4.07. The fourth-order valence-corrected chi connectivity index (χ4v) is 2.96. The van der Waals surface area contributed by atoms with Crippen LogP contribution in [0.2, 0.25) is 0 Å². The predicted molar refractivity (Wildman–Crippen MR) is 95.5 cm³/mol. The van der Waals surface area contributed by atoms with Gasteiger partial charge in [-0.2, -0.15) is 5.10 Å². The summed E-state index contributed by atoms with van der Waals surface area (Å²) in [6.07, 6.45) is -0.595. The number of aromatic nitrogens is 1. The summed E-state index contributed by atoms with van der Waals surface area (Å²) in [4.78, 5) is 17.1. The van der Waals surface area contributed by atoms with Gasteiger partial charge in [0.2, 0.25) is 0 Å². The maximum absolute atomic E-state index is 11.7. The van der Waals surface area contributed by atoms with Crippen molar-refractivity contribution in [1.82, 2.24) is 10.4 Å². The Morgan fingerprint density at radius 1 is 1.29 bits per heavy atom. The maximum Gasteiger partial charge on any atom is 0.428 e. The van der Waals surface area contributed by atoms with Gasteiger partial charge in [-0.25, -0.2) is 15.2 Å². The molecule has 7 heteroatoms. The smallest absolute Gasteiger partial charge is 0.428 e. The molecule has 1 aromatic carbocycles. The van der Waals surface area contributed by atoms with E-state index in [2.05, 4.69) is 15.5 Å². The van der Waals surface area contributed by atoms with E-state index in [1.165, 1.54) is 11.3 Å². The molecule has 0 aliphatic rings. The van der Waals surface area contributed by atoms with Gasteiger partial charge in [-0.3, -0.25) is 0 Å². The first-order chi connectivity index (χ1) is 11.2. The number of aryl methyl sites for hydroxylation is 1. The zero-order valence-electron chi connectivity index (χ0n) is 14.4. The normalized spacial score (nSPS) is 12.1. The van der Waals surface area contributed by atoms with Crippen LogP contribution in [0.25, 0.3) is 10.6 Å². The lowest BCUT2D eigenvalue weighted by Crippen LogP contribution is -2.30. The van der Waals surface area contributed by atoms with Crippen LogP contribution in [0.1, 0.15) is 38.3 Å². The number of ether oxygens (including phenoxy) is 1. The number of nitrogens with zero attached hydrogens (tertiary/aromatic N) is 2. The number of benzene rings is 1. The third-order valence-electron chi connectivity index (χ3n) is 2.95. The zero-order chi connectivity index (χ0) is 17.9. The van der Waals surface area contributed by atoms with Crippen LogP contribution in [0.5, 0.6) is 5.75 Å². The number of nitrogens with one attached hydrogen (secondary N) is 1. The highest BCUT2D eigenvalue weighted by atomic mass is 32.1. The number of phenols is 1. The van der Waals surface area contributed by atoms with Gasteiger partial charge in [0.15, 0.2) is 0 Å². The van der Waals surface area contributed by atoms with Crippen molar-refractivity contribution < 1.29 is 14.6 Å². The van der Waals surface area contributed by atoms with Crippen LogP contribution in [0.15, 0.2) is 29.4 Å². The van der Waals surface area contributed by atoms with Crippen LogP contribution in [-0.2, 0) is 4.74 Å². The second-order valence-electron chi connectivity index (χ2n) is 6.29. The number of thiazole rings is 1. The molecule has 2 N–H and O–H groups in total. The largest absolute Gasteiger partial charge is 0.508 e. The monoisotopic (exact) mass is 347 g/mol. The van der Waals surface area contributed by atoms with Crippen molar-refractivity contribution in [3.05, 3.63) is 34.8 Å². The molecule has 0 bridgehead atoms. The van der Waals surface area contributed by atoms with Gasteiger partial charge >= 0.3 is 6.09 Å². The second-order valence-corrected chi connectivity index (χ2v) is 7.29. The van der Waals surface area contributed by atoms with Gasteiger partial charge in [-0.05, 0) is 58.9 Å². The van der Waals surface area contributed by atoms with Gasteiger partial charge in [0, 0.05) is 5.56 Å². The third-order valence-corrected chi connectivity index (χ3v) is 4.27. The number of amides is 1. The van der Waals surface area contributed by atoms with Crippen molar-refractivity contribution in [2.24, 2.45) is 5.10 Å². The first-order valence-corrected chi connectivity index (χ1v) is 8.28. The van der Waals surface area contributed by atoms with Gasteiger partial charge in [-0.1, -0.05) is 0 Å². The average Bonchev–Trinajstić information content (AvgIpc) is 2.86. The van der Waals surface area contributed by atoms with Crippen LogP contribution in [0.3, 0.4) is 0 Å². The molecule has 0 atom stereocenters. The van der Waals surface area contributed by atoms with Crippen molar-refractivity contribution in [1.29, 1.82) is 0 Å². The molecule has 1 aromatic heterocycles. The van der Waals surface area contributed by atoms with Crippen molar-refractivity contribution in [3.8, 4) is 16.3 Å². The summed E-state index contributed by atoms with van der Waals surface area (Å²) in [5.74, 6) is 0.214. The first-order valence-electron chi connectivity index (χ1n) is 7.46. The molecule has 0 aliphatic carbocycles. The summed E-state index contributed by atoms with van der Waals surface area (Å²) in [7, 11) is 0. The minimum Gasteiger partial charge on any atom is -0.508 e. The topological polar surface area (TPSA) is 83.8 Å². The minimum atomic E-state index is -0.595. The Bertz CT molecular complexity index is 758. The molecular formula is C17H21N3O3S. The Balaban J connectivity index is 2.15. The Morgan fingerprint density at radius 2 is 1.92 bits per heavy atom. The molecule has 0 unspecified atom stereocenters. The van der Waals surface area contributed by atoms with E-state index >= 15 is 0 Å². The third kappa shape index (κ3) is 4.79. The molecule has 0 saturated carbocycles. The van der Waals surface area contributed by atoms with Gasteiger partial charge in [-0.15, -0.1) is 11.3 Å². The molecule has 0 aliphatic heterocycles. The van der Waals surface area contributed by atoms with Crippen molar-refractivity contribution in [2.75, 3.05) is 0 Å². The fourth-order valence-electron chi connectivity index (χ4n) is 1.94. The standard InChI is InChI=1S/C17H21N3O3S/c1-10-14(11(2)19-20-16(22)23-17(3,4)5)24-15(18-10)12-6-8-13(21)9-7-12/h6-9,21H,1-5H3,(H,20,22)/b19-11+. The average molecular weight is 347 g/mol. The molecule has 1 amide bonds. The zero-order valence-corrected chi connectivity index (χ0v) is 15.2. The van der Waals surface area contributed by atoms with E-state index in [-0.39, 0.29) is 5.75 Å². The highest BCUT2D eigenvalue weighted by Gasteiger charge is 2.16. The highest BCUT2D eigenvalue weighted by Crippen LogP contribution is 2.29. The summed E-state index contributed by atoms with van der Waals surface area (Å²) in [6.45, 7) is 9.07. The molecule has 0 spiro atoms. The molecule has 128 valence electrons. The van der Waals surface area contributed by atoms with Crippen LogP contribution >= 0.6 is 11.3 Å². The van der Waals surface area contributed by atoms with E-state index in [0.717, 1.165) is 21.1 Å². The minimum absolute atomic E-state index is 0.214. The van der Waals surface area contributed by atoms with Crippen LogP contribution in [0, 0.1) is 6.92 Å². The van der Waals surface area contributed by atoms with Crippen LogP contribution in [-0.4, -0.2) is 27.5 Å². The van der Waals surface area contributed by atoms with Gasteiger partial charge in [0.05, 0.1) is 16.3 Å². The van der Waals surface area contributed by atoms with E-state index in [0.29, 0.717) is 5.71 Å². The van der Waals surface area contributed by atoms with E-state index < -0.39 is 11.7 Å². The number of hydrogen-bond donors (Lipinski definition) is 2. The molecule has 2 aromatic rings. The highest BCUT2D eigenvalue weighted by molar-refractivity contribution is 7.17. The summed E-state index contributed by atoms with van der Waals surface area (Å²) in [6, 6.07) is 6.86. The van der Waals surface area contributed by atoms with Gasteiger partial charge in [0.1, 0.15) is 16.4 Å². The Kier molecular flexibility index (Phi) is 5.23. The van der Waals surface area contributed by atoms with Crippen molar-refractivity contribution >= 4 is 23.1 Å². The van der Waals surface area contributed by atoms with Crippen molar-refractivity contribution in [2.45, 2.75) is 40.2 Å². The number of hydrogen-bond acceptors (Lipinski definition) is 6. The van der Waals surface area contributed by atoms with Gasteiger partial charge in [0.25, 0.3) is 0 Å². The van der Waals surface area contributed by atoms with E-state index in [1.54, 1.807) is 39.8 Å². The van der Waals surface area contributed by atoms with E-state index in [4.69, 9.17) is 4.74 Å². The number of hydrazone groups is 1. The molecular weight excluding hydrogens is 326 g/mol. The van der Waals surface area contributed by atoms with Gasteiger partial charge < -0.3 is 9.84 Å². The molecule has 1 heterocycles. The Hall–Kier alpha value is -2.41. The van der Waals surface area contributed by atoms with Crippen LogP contribution < -0.4 is 5.43 Å². The first kappa shape index (κ1) is 17.9. The SMILES string of the molecule is C/C(=N\NC(=O)OC(C)(C)C)c1sc(-c2ccc(O)cc2)nc1C. The summed E-state index contributed by atoms with van der Waals surface area (Å²) >= 11 is 1.48. The van der Waals surface area contributed by atoms with Crippen LogP contribution in [0.4, 0.5) is 4.79 Å². The lowest BCUT2D eigenvalue weighted by atomic mass is 10.2. The number of aromatic hydroxyl groups is 1. The number of carbonyl (C=O) groups excluding carboxylic acids is 1. The number of phenolic OH excluding ortho intramolecular Hbond substituents is 1. The number of carbonyl (C=O) groups is 1. The molecule has 0 saturated heterocycles. The summed E-state index contributed by atoms with van der Waals surface area (Å²) < 4.78 is 5.15. The lowest BCUT2D eigenvalue weighted by Gasteiger charge is -2.18. The molecule has 0 fully saturated rings. The van der Waals surface area contributed by atoms with Crippen molar-refractivity contribution in [3.63, 3.8) is 0 Å². The molecule has 2 rings (SSSR count). The Labute approximate surface area is 145 Å². The quantitative estimate of drug-likeness (QED) is 0.647. The lowest BCUT2D eigenvalue weighted by molar-refractivity contribution is 0.0529. The second kappa shape index (κ2) is 7.00. The van der Waals surface area contributed by atoms with E-state index in [9.17, 15) is 9.90 Å². The maximum atomic E-state index is 11.7. The number of rotatable bonds is 3. The molecule has 6 nitrogen and oxygen atoms in total. The molecule has 24 heavy (non-hydrogen) atoms. The fraction of sp³-hybridized carbons (Fsp3) is 0.353. The van der Waals surface area contributed by atoms with E-state index in [1.807, 2.05) is 19.1 Å². The molecule has 0 radical (unpaired) electrons. The summed E-state index contributed by atoms with van der Waals surface area (Å²) in [5, 5.41) is 14.3. The Morgan fingerprint density at radius 3 is 2.50 bits per heavy atom. The summed E-state index contributed by atoms with van der Waals surface area (Å²) in [5.41, 5.74) is 4.22.